The Morgan fingerprint density at radius 2 is 1.70 bits per heavy atom. The van der Waals surface area contributed by atoms with E-state index in [2.05, 4.69) is 11.3 Å². The molecule has 0 amide bonds. The van der Waals surface area contributed by atoms with E-state index in [0.717, 1.165) is 22.2 Å². The summed E-state index contributed by atoms with van der Waals surface area (Å²) in [5, 5.41) is 2.00. The van der Waals surface area contributed by atoms with Crippen molar-refractivity contribution in [3.05, 3.63) is 71.8 Å². The van der Waals surface area contributed by atoms with E-state index < -0.39 is 10.0 Å². The van der Waals surface area contributed by atoms with Crippen molar-refractivity contribution in [3.8, 4) is 0 Å². The van der Waals surface area contributed by atoms with Crippen molar-refractivity contribution in [2.75, 3.05) is 23.7 Å². The molecule has 0 aliphatic rings. The summed E-state index contributed by atoms with van der Waals surface area (Å²) in [5.74, 6) is 0. The molecule has 0 heterocycles. The maximum Gasteiger partial charge on any atom is 0.262 e. The summed E-state index contributed by atoms with van der Waals surface area (Å²) in [6.45, 7) is 5.72. The van der Waals surface area contributed by atoms with Crippen molar-refractivity contribution in [1.82, 2.24) is 0 Å². The van der Waals surface area contributed by atoms with Gasteiger partial charge in [0.15, 0.2) is 0 Å². The highest BCUT2D eigenvalue weighted by Gasteiger charge is 2.19. The summed E-state index contributed by atoms with van der Waals surface area (Å²) in [7, 11) is 0.0780. The zero-order chi connectivity index (χ0) is 19.8. The number of nitrogens with zero attached hydrogens (tertiary/aromatic N) is 1. The van der Waals surface area contributed by atoms with E-state index in [-0.39, 0.29) is 4.90 Å². The summed E-state index contributed by atoms with van der Waals surface area (Å²) in [6, 6.07) is 15.9. The van der Waals surface area contributed by atoms with Crippen LogP contribution < -0.4 is 9.62 Å². The van der Waals surface area contributed by atoms with Gasteiger partial charge in [-0.1, -0.05) is 48.5 Å². The van der Waals surface area contributed by atoms with Gasteiger partial charge < -0.3 is 4.90 Å². The Morgan fingerprint density at radius 3 is 2.33 bits per heavy atom. The first kappa shape index (κ1) is 19.3. The topological polar surface area (TPSA) is 49.4 Å². The molecule has 0 spiro atoms. The Morgan fingerprint density at radius 1 is 1.04 bits per heavy atom. The van der Waals surface area contributed by atoms with E-state index in [1.807, 2.05) is 50.2 Å². The average molecular weight is 401 g/mol. The highest BCUT2D eigenvalue weighted by atomic mass is 35.5. The molecule has 3 rings (SSSR count). The van der Waals surface area contributed by atoms with E-state index in [1.54, 1.807) is 30.3 Å². The number of hydrogen-bond donors (Lipinski definition) is 1. The lowest BCUT2D eigenvalue weighted by atomic mass is 10.1. The van der Waals surface area contributed by atoms with Gasteiger partial charge in [0.25, 0.3) is 10.0 Å². The maximum absolute atomic E-state index is 13.0. The van der Waals surface area contributed by atoms with Crippen LogP contribution in [0.25, 0.3) is 16.3 Å². The van der Waals surface area contributed by atoms with E-state index >= 15 is 0 Å². The number of halogens is 1. The molecule has 6 heteroatoms. The predicted octanol–water partition coefficient (Wildman–Crippen LogP) is 5.39. The van der Waals surface area contributed by atoms with Crippen LogP contribution in [0.4, 0.5) is 11.4 Å². The Labute approximate surface area is 165 Å². The Bertz CT molecular complexity index is 1140. The quantitative estimate of drug-likeness (QED) is 0.624. The van der Waals surface area contributed by atoms with Gasteiger partial charge in [-0.15, -0.1) is 0 Å². The van der Waals surface area contributed by atoms with Crippen LogP contribution in [0.1, 0.15) is 12.5 Å². The van der Waals surface area contributed by atoms with Crippen LogP contribution in [0.2, 0.25) is 5.02 Å². The number of anilines is 2. The minimum absolute atomic E-state index is 0.226. The van der Waals surface area contributed by atoms with Gasteiger partial charge in [0, 0.05) is 30.6 Å². The van der Waals surface area contributed by atoms with E-state index in [9.17, 15) is 8.42 Å². The summed E-state index contributed by atoms with van der Waals surface area (Å²) < 4.78 is 28.7. The van der Waals surface area contributed by atoms with Crippen molar-refractivity contribution < 1.29 is 8.42 Å². The zero-order valence-electron chi connectivity index (χ0n) is 15.5. The van der Waals surface area contributed by atoms with Gasteiger partial charge in [0.1, 0.15) is 0 Å². The number of nitrogens with one attached hydrogen (secondary N) is 1. The molecule has 0 bridgehead atoms. The van der Waals surface area contributed by atoms with Crippen molar-refractivity contribution in [2.45, 2.75) is 11.8 Å². The molecule has 0 atom stereocenters. The van der Waals surface area contributed by atoms with E-state index in [1.165, 1.54) is 0 Å². The third-order valence-corrected chi connectivity index (χ3v) is 6.06. The van der Waals surface area contributed by atoms with Gasteiger partial charge in [0.2, 0.25) is 0 Å². The largest absolute Gasteiger partial charge is 0.377 e. The Balaban J connectivity index is 2.07. The number of rotatable bonds is 5. The van der Waals surface area contributed by atoms with Crippen molar-refractivity contribution in [2.24, 2.45) is 0 Å². The molecular formula is C21H21ClN2O2S. The Hall–Kier alpha value is -2.50. The molecule has 0 aromatic heterocycles. The second-order valence-electron chi connectivity index (χ2n) is 6.60. The molecule has 1 N–H and O–H groups in total. The number of allylic oxidation sites excluding steroid dienone is 1. The van der Waals surface area contributed by atoms with Crippen LogP contribution in [0, 0.1) is 0 Å². The van der Waals surface area contributed by atoms with Gasteiger partial charge in [-0.2, -0.15) is 0 Å². The number of hydrogen-bond acceptors (Lipinski definition) is 3. The van der Waals surface area contributed by atoms with Crippen LogP contribution in [0.15, 0.2) is 66.1 Å². The van der Waals surface area contributed by atoms with Crippen molar-refractivity contribution in [1.29, 1.82) is 0 Å². The first-order chi connectivity index (χ1) is 12.7. The SMILES string of the molecule is C=C(C)c1ccc(NS(=O)(=O)c2cccc3c(N(C)C)cccc23)cc1Cl. The second-order valence-corrected chi connectivity index (χ2v) is 8.66. The predicted molar refractivity (Wildman–Crippen MR) is 115 cm³/mol. The lowest BCUT2D eigenvalue weighted by molar-refractivity contribution is 0.602. The summed E-state index contributed by atoms with van der Waals surface area (Å²) in [5.41, 5.74) is 2.98. The molecule has 0 radical (unpaired) electrons. The van der Waals surface area contributed by atoms with Gasteiger partial charge in [-0.25, -0.2) is 8.42 Å². The molecule has 0 aliphatic carbocycles. The van der Waals surface area contributed by atoms with E-state index in [0.29, 0.717) is 16.1 Å². The highest BCUT2D eigenvalue weighted by molar-refractivity contribution is 7.93. The fourth-order valence-corrected chi connectivity index (χ4v) is 4.64. The minimum Gasteiger partial charge on any atom is -0.377 e. The molecule has 0 aliphatic heterocycles. The molecule has 4 nitrogen and oxygen atoms in total. The molecule has 0 fully saturated rings. The van der Waals surface area contributed by atoms with Crippen LogP contribution in [0.5, 0.6) is 0 Å². The summed E-state index contributed by atoms with van der Waals surface area (Å²) >= 11 is 6.25. The molecule has 3 aromatic rings. The van der Waals surface area contributed by atoms with Crippen LogP contribution >= 0.6 is 11.6 Å². The average Bonchev–Trinajstić information content (AvgIpc) is 2.59. The molecular weight excluding hydrogens is 380 g/mol. The third kappa shape index (κ3) is 3.80. The fraction of sp³-hybridized carbons (Fsp3) is 0.143. The number of fused-ring (bicyclic) bond motifs is 1. The smallest absolute Gasteiger partial charge is 0.262 e. The molecule has 0 saturated carbocycles. The molecule has 3 aromatic carbocycles. The molecule has 0 saturated heterocycles. The van der Waals surface area contributed by atoms with Crippen LogP contribution in [-0.2, 0) is 10.0 Å². The van der Waals surface area contributed by atoms with Crippen LogP contribution in [-0.4, -0.2) is 22.5 Å². The molecule has 140 valence electrons. The standard InChI is InChI=1S/C21H21ClN2O2S/c1-14(2)16-12-11-15(13-19(16)22)23-27(25,26)21-10-6-7-17-18(21)8-5-9-20(17)24(3)4/h5-13,23H,1H2,2-4H3. The van der Waals surface area contributed by atoms with Crippen molar-refractivity contribution in [3.63, 3.8) is 0 Å². The van der Waals surface area contributed by atoms with Crippen LogP contribution in [0.3, 0.4) is 0 Å². The first-order valence-electron chi connectivity index (χ1n) is 8.38. The lowest BCUT2D eigenvalue weighted by Gasteiger charge is -2.17. The third-order valence-electron chi connectivity index (χ3n) is 4.31. The van der Waals surface area contributed by atoms with Gasteiger partial charge in [-0.05, 0) is 42.3 Å². The van der Waals surface area contributed by atoms with Gasteiger partial charge in [-0.3, -0.25) is 4.72 Å². The lowest BCUT2D eigenvalue weighted by Crippen LogP contribution is -2.14. The zero-order valence-corrected chi connectivity index (χ0v) is 17.0. The monoisotopic (exact) mass is 400 g/mol. The number of benzene rings is 3. The molecule has 0 unspecified atom stereocenters. The normalized spacial score (nSPS) is 11.4. The maximum atomic E-state index is 13.0. The van der Waals surface area contributed by atoms with E-state index in [4.69, 9.17) is 11.6 Å². The fourth-order valence-electron chi connectivity index (χ4n) is 3.02. The molecule has 27 heavy (non-hydrogen) atoms. The summed E-state index contributed by atoms with van der Waals surface area (Å²) in [6.07, 6.45) is 0. The first-order valence-corrected chi connectivity index (χ1v) is 10.2. The minimum atomic E-state index is -3.78. The van der Waals surface area contributed by atoms with Gasteiger partial charge >= 0.3 is 0 Å². The second kappa shape index (κ2) is 7.25. The summed E-state index contributed by atoms with van der Waals surface area (Å²) in [4.78, 5) is 2.19. The highest BCUT2D eigenvalue weighted by Crippen LogP contribution is 2.32. The van der Waals surface area contributed by atoms with Crippen molar-refractivity contribution >= 4 is 49.3 Å². The number of sulfonamides is 1. The Kier molecular flexibility index (Phi) is 5.18. The van der Waals surface area contributed by atoms with Gasteiger partial charge in [0.05, 0.1) is 15.6 Å².